The minimum Gasteiger partial charge on any atom is -0.370 e. The zero-order valence-corrected chi connectivity index (χ0v) is 10.1. The van der Waals surface area contributed by atoms with E-state index in [1.165, 1.54) is 44.3 Å². The Morgan fingerprint density at radius 3 is 2.73 bits per heavy atom. The summed E-state index contributed by atoms with van der Waals surface area (Å²) in [6.45, 7) is 0.899. The minimum absolute atomic E-state index is 0.588. The number of nitrogens with one attached hydrogen (secondary N) is 1. The van der Waals surface area contributed by atoms with Gasteiger partial charge < -0.3 is 11.1 Å². The van der Waals surface area contributed by atoms with Gasteiger partial charge in [-0.1, -0.05) is 12.8 Å². The molecule has 2 fully saturated rings. The zero-order chi connectivity index (χ0) is 10.5. The topological polar surface area (TPSA) is 50.4 Å². The van der Waals surface area contributed by atoms with E-state index in [-0.39, 0.29) is 0 Å². The van der Waals surface area contributed by atoms with Crippen molar-refractivity contribution in [3.8, 4) is 0 Å². The number of guanidine groups is 1. The van der Waals surface area contributed by atoms with Gasteiger partial charge in [0.1, 0.15) is 0 Å². The molecule has 1 aliphatic heterocycles. The summed E-state index contributed by atoms with van der Waals surface area (Å²) in [4.78, 5) is 4.43. The van der Waals surface area contributed by atoms with E-state index < -0.39 is 0 Å². The number of thioether (sulfide) groups is 1. The number of aliphatic imine (C=N–C) groups is 1. The van der Waals surface area contributed by atoms with Crippen molar-refractivity contribution in [2.75, 3.05) is 12.3 Å². The van der Waals surface area contributed by atoms with Crippen LogP contribution in [0.1, 0.15) is 38.5 Å². The molecular weight excluding hydrogens is 206 g/mol. The molecule has 0 bridgehead atoms. The van der Waals surface area contributed by atoms with Crippen molar-refractivity contribution in [1.29, 1.82) is 0 Å². The van der Waals surface area contributed by atoms with Crippen molar-refractivity contribution in [2.24, 2.45) is 10.7 Å². The van der Waals surface area contributed by atoms with Gasteiger partial charge in [-0.15, -0.1) is 0 Å². The van der Waals surface area contributed by atoms with Crippen LogP contribution in [-0.2, 0) is 0 Å². The third-order valence-corrected chi connectivity index (χ3v) is 4.58. The maximum atomic E-state index is 5.86. The van der Waals surface area contributed by atoms with Crippen LogP contribution < -0.4 is 11.1 Å². The summed E-state index contributed by atoms with van der Waals surface area (Å²) in [6, 6.07) is 0.588. The lowest BCUT2D eigenvalue weighted by Crippen LogP contribution is -2.38. The van der Waals surface area contributed by atoms with Gasteiger partial charge in [-0.2, -0.15) is 11.8 Å². The van der Waals surface area contributed by atoms with Crippen molar-refractivity contribution in [2.45, 2.75) is 49.8 Å². The van der Waals surface area contributed by atoms with Crippen LogP contribution in [0.4, 0.5) is 0 Å². The van der Waals surface area contributed by atoms with E-state index in [2.05, 4.69) is 10.3 Å². The largest absolute Gasteiger partial charge is 0.370 e. The van der Waals surface area contributed by atoms with Gasteiger partial charge in [0.2, 0.25) is 0 Å². The highest BCUT2D eigenvalue weighted by Gasteiger charge is 2.16. The first-order valence-electron chi connectivity index (χ1n) is 6.02. The van der Waals surface area contributed by atoms with E-state index in [9.17, 15) is 0 Å². The maximum Gasteiger partial charge on any atom is 0.188 e. The second-order valence-electron chi connectivity index (χ2n) is 4.49. The molecule has 1 saturated carbocycles. The normalized spacial score (nSPS) is 28.5. The van der Waals surface area contributed by atoms with Crippen molar-refractivity contribution < 1.29 is 0 Å². The summed E-state index contributed by atoms with van der Waals surface area (Å²) in [7, 11) is 0. The van der Waals surface area contributed by atoms with E-state index in [0.717, 1.165) is 6.54 Å². The Morgan fingerprint density at radius 1 is 1.27 bits per heavy atom. The SMILES string of the molecule is NC(=NCC1CCCS1)NC1CCCC1. The van der Waals surface area contributed by atoms with Crippen LogP contribution in [0.25, 0.3) is 0 Å². The Labute approximate surface area is 96.3 Å². The molecule has 3 N–H and O–H groups in total. The molecule has 1 atom stereocenters. The zero-order valence-electron chi connectivity index (χ0n) is 9.24. The van der Waals surface area contributed by atoms with Gasteiger partial charge in [-0.05, 0) is 31.4 Å². The van der Waals surface area contributed by atoms with E-state index in [1.54, 1.807) is 0 Å². The number of nitrogens with zero attached hydrogens (tertiary/aromatic N) is 1. The van der Waals surface area contributed by atoms with Crippen LogP contribution in [0.5, 0.6) is 0 Å². The Hall–Kier alpha value is -0.380. The predicted molar refractivity (Wildman–Crippen MR) is 67.4 cm³/mol. The third-order valence-electron chi connectivity index (χ3n) is 3.20. The summed E-state index contributed by atoms with van der Waals surface area (Å²) >= 11 is 2.04. The molecule has 3 nitrogen and oxygen atoms in total. The molecule has 1 heterocycles. The quantitative estimate of drug-likeness (QED) is 0.570. The summed E-state index contributed by atoms with van der Waals surface area (Å²) in [5, 5.41) is 4.04. The first-order chi connectivity index (χ1) is 7.34. The second kappa shape index (κ2) is 5.64. The smallest absolute Gasteiger partial charge is 0.188 e. The molecule has 0 radical (unpaired) electrons. The molecular formula is C11H21N3S. The standard InChI is InChI=1S/C11H21N3S/c12-11(14-9-4-1-2-5-9)13-8-10-6-3-7-15-10/h9-10H,1-8H2,(H3,12,13,14). The lowest BCUT2D eigenvalue weighted by molar-refractivity contribution is 0.624. The Balaban J connectivity index is 1.68. The van der Waals surface area contributed by atoms with E-state index >= 15 is 0 Å². The molecule has 4 heteroatoms. The number of nitrogens with two attached hydrogens (primary N) is 1. The number of hydrogen-bond donors (Lipinski definition) is 2. The Kier molecular flexibility index (Phi) is 4.18. The third kappa shape index (κ3) is 3.59. The molecule has 0 spiro atoms. The summed E-state index contributed by atoms with van der Waals surface area (Å²) < 4.78 is 0. The van der Waals surface area contributed by atoms with Gasteiger partial charge in [-0.25, -0.2) is 0 Å². The summed E-state index contributed by atoms with van der Waals surface area (Å²) in [5.41, 5.74) is 5.86. The molecule has 1 aliphatic carbocycles. The van der Waals surface area contributed by atoms with Crippen LogP contribution in [0.15, 0.2) is 4.99 Å². The molecule has 2 aliphatic rings. The molecule has 15 heavy (non-hydrogen) atoms. The van der Waals surface area contributed by atoms with E-state index in [0.29, 0.717) is 17.3 Å². The van der Waals surface area contributed by atoms with E-state index in [1.807, 2.05) is 11.8 Å². The monoisotopic (exact) mass is 227 g/mol. The van der Waals surface area contributed by atoms with Crippen LogP contribution >= 0.6 is 11.8 Å². The minimum atomic E-state index is 0.588. The van der Waals surface area contributed by atoms with Gasteiger partial charge in [-0.3, -0.25) is 4.99 Å². The fourth-order valence-electron chi connectivity index (χ4n) is 2.31. The second-order valence-corrected chi connectivity index (χ2v) is 5.89. The Morgan fingerprint density at radius 2 is 2.07 bits per heavy atom. The van der Waals surface area contributed by atoms with Crippen molar-refractivity contribution in [1.82, 2.24) is 5.32 Å². The highest BCUT2D eigenvalue weighted by atomic mass is 32.2. The summed E-state index contributed by atoms with van der Waals surface area (Å²) in [5.74, 6) is 1.96. The number of rotatable bonds is 3. The average Bonchev–Trinajstić information content (AvgIpc) is 2.86. The molecule has 1 saturated heterocycles. The molecule has 2 rings (SSSR count). The van der Waals surface area contributed by atoms with Gasteiger partial charge in [0, 0.05) is 11.3 Å². The lowest BCUT2D eigenvalue weighted by atomic mass is 10.2. The first kappa shape index (κ1) is 11.1. The summed E-state index contributed by atoms with van der Waals surface area (Å²) in [6.07, 6.45) is 7.85. The van der Waals surface area contributed by atoms with Gasteiger partial charge in [0.05, 0.1) is 6.54 Å². The van der Waals surface area contributed by atoms with Crippen LogP contribution in [-0.4, -0.2) is 29.5 Å². The van der Waals surface area contributed by atoms with Gasteiger partial charge in [0.25, 0.3) is 0 Å². The van der Waals surface area contributed by atoms with Crippen LogP contribution in [0, 0.1) is 0 Å². The van der Waals surface area contributed by atoms with Crippen molar-refractivity contribution in [3.05, 3.63) is 0 Å². The Bertz CT molecular complexity index is 218. The first-order valence-corrected chi connectivity index (χ1v) is 7.07. The molecule has 0 aromatic rings. The van der Waals surface area contributed by atoms with Crippen LogP contribution in [0.2, 0.25) is 0 Å². The molecule has 86 valence electrons. The van der Waals surface area contributed by atoms with Crippen molar-refractivity contribution in [3.63, 3.8) is 0 Å². The predicted octanol–water partition coefficient (Wildman–Crippen LogP) is 1.73. The van der Waals surface area contributed by atoms with Gasteiger partial charge >= 0.3 is 0 Å². The molecule has 0 amide bonds. The highest BCUT2D eigenvalue weighted by molar-refractivity contribution is 8.00. The van der Waals surface area contributed by atoms with Crippen LogP contribution in [0.3, 0.4) is 0 Å². The maximum absolute atomic E-state index is 5.86. The molecule has 0 aromatic carbocycles. The number of hydrogen-bond acceptors (Lipinski definition) is 2. The highest BCUT2D eigenvalue weighted by Crippen LogP contribution is 2.26. The fourth-order valence-corrected chi connectivity index (χ4v) is 3.49. The molecule has 0 aromatic heterocycles. The fraction of sp³-hybridized carbons (Fsp3) is 0.909. The van der Waals surface area contributed by atoms with E-state index in [4.69, 9.17) is 5.73 Å². The lowest BCUT2D eigenvalue weighted by Gasteiger charge is -2.13. The van der Waals surface area contributed by atoms with Crippen molar-refractivity contribution >= 4 is 17.7 Å². The molecule has 1 unspecified atom stereocenters. The average molecular weight is 227 g/mol. The van der Waals surface area contributed by atoms with Gasteiger partial charge in [0.15, 0.2) is 5.96 Å².